The second kappa shape index (κ2) is 5.97. The van der Waals surface area contributed by atoms with Gasteiger partial charge < -0.3 is 15.4 Å². The van der Waals surface area contributed by atoms with E-state index in [1.54, 1.807) is 6.07 Å². The van der Waals surface area contributed by atoms with E-state index >= 15 is 0 Å². The molecule has 0 radical (unpaired) electrons. The Hall–Kier alpha value is -1.69. The Morgan fingerprint density at radius 2 is 2.37 bits per heavy atom. The molecule has 1 aromatic rings. The van der Waals surface area contributed by atoms with Crippen LogP contribution >= 0.6 is 0 Å². The van der Waals surface area contributed by atoms with E-state index in [4.69, 9.17) is 15.9 Å². The van der Waals surface area contributed by atoms with Crippen LogP contribution in [0.2, 0.25) is 0 Å². The van der Waals surface area contributed by atoms with Crippen LogP contribution < -0.4 is 10.6 Å². The van der Waals surface area contributed by atoms with Crippen molar-refractivity contribution in [3.05, 3.63) is 17.5 Å². The zero-order valence-corrected chi connectivity index (χ0v) is 11.5. The highest BCUT2D eigenvalue weighted by Gasteiger charge is 2.20. The molecule has 0 amide bonds. The normalized spacial score (nSPS) is 18.5. The third-order valence-corrected chi connectivity index (χ3v) is 3.23. The van der Waals surface area contributed by atoms with E-state index in [0.29, 0.717) is 11.6 Å². The molecule has 6 heteroatoms. The molecule has 0 aromatic carbocycles. The largest absolute Gasteiger partial charge is 0.382 e. The zero-order chi connectivity index (χ0) is 13.8. The molecule has 104 valence electrons. The molecule has 6 nitrogen and oxygen atoms in total. The lowest BCUT2D eigenvalue weighted by Gasteiger charge is -2.24. The van der Waals surface area contributed by atoms with E-state index in [9.17, 15) is 0 Å². The molecule has 3 N–H and O–H groups in total. The number of nitrogens with one attached hydrogen (secondary N) is 1. The van der Waals surface area contributed by atoms with E-state index in [1.807, 2.05) is 6.92 Å². The van der Waals surface area contributed by atoms with Crippen LogP contribution in [0.25, 0.3) is 0 Å². The van der Waals surface area contributed by atoms with Crippen molar-refractivity contribution in [2.24, 2.45) is 5.73 Å². The maximum Gasteiger partial charge on any atom is 0.226 e. The van der Waals surface area contributed by atoms with Crippen LogP contribution in [-0.4, -0.2) is 41.6 Å². The lowest BCUT2D eigenvalue weighted by atomic mass is 10.2. The predicted octanol–water partition coefficient (Wildman–Crippen LogP) is 1.07. The first kappa shape index (κ1) is 13.7. The van der Waals surface area contributed by atoms with Gasteiger partial charge in [-0.25, -0.2) is 9.97 Å². The standard InChI is InChI=1S/C13H21N5O/c1-3-18(8-10-5-4-6-19-10)13-16-9(2)7-11(17-13)12(14)15/h7,10H,3-6,8H2,1-2H3,(H3,14,15). The zero-order valence-electron chi connectivity index (χ0n) is 11.5. The fraction of sp³-hybridized carbons (Fsp3) is 0.615. The molecule has 19 heavy (non-hydrogen) atoms. The van der Waals surface area contributed by atoms with Crippen molar-refractivity contribution in [2.45, 2.75) is 32.8 Å². The Kier molecular flexibility index (Phi) is 4.31. The van der Waals surface area contributed by atoms with E-state index in [2.05, 4.69) is 21.8 Å². The molecule has 0 bridgehead atoms. The van der Waals surface area contributed by atoms with Gasteiger partial charge in [0.1, 0.15) is 11.5 Å². The quantitative estimate of drug-likeness (QED) is 0.613. The Labute approximate surface area is 113 Å². The minimum Gasteiger partial charge on any atom is -0.382 e. The van der Waals surface area contributed by atoms with E-state index < -0.39 is 0 Å². The molecular weight excluding hydrogens is 242 g/mol. The molecule has 2 rings (SSSR count). The first-order valence-corrected chi connectivity index (χ1v) is 6.66. The summed E-state index contributed by atoms with van der Waals surface area (Å²) < 4.78 is 5.65. The highest BCUT2D eigenvalue weighted by Crippen LogP contribution is 2.17. The van der Waals surface area contributed by atoms with Gasteiger partial charge in [-0.05, 0) is 32.8 Å². The van der Waals surface area contributed by atoms with Crippen LogP contribution in [0.3, 0.4) is 0 Å². The van der Waals surface area contributed by atoms with Gasteiger partial charge in [0.05, 0.1) is 6.10 Å². The molecule has 1 unspecified atom stereocenters. The van der Waals surface area contributed by atoms with Gasteiger partial charge >= 0.3 is 0 Å². The van der Waals surface area contributed by atoms with Gasteiger partial charge in [0, 0.05) is 25.4 Å². The molecule has 1 saturated heterocycles. The van der Waals surface area contributed by atoms with Crippen molar-refractivity contribution in [3.8, 4) is 0 Å². The number of aryl methyl sites for hydroxylation is 1. The van der Waals surface area contributed by atoms with Crippen molar-refractivity contribution in [2.75, 3.05) is 24.6 Å². The predicted molar refractivity (Wildman–Crippen MR) is 74.6 cm³/mol. The molecule has 0 saturated carbocycles. The summed E-state index contributed by atoms with van der Waals surface area (Å²) in [7, 11) is 0. The van der Waals surface area contributed by atoms with E-state index in [1.165, 1.54) is 0 Å². The molecule has 1 fully saturated rings. The Balaban J connectivity index is 2.19. The van der Waals surface area contributed by atoms with Gasteiger partial charge in [0.15, 0.2) is 0 Å². The number of hydrogen-bond acceptors (Lipinski definition) is 5. The third-order valence-electron chi connectivity index (χ3n) is 3.23. The lowest BCUT2D eigenvalue weighted by Crippen LogP contribution is -2.34. The van der Waals surface area contributed by atoms with Crippen molar-refractivity contribution >= 4 is 11.8 Å². The Bertz CT molecular complexity index is 456. The number of nitrogens with zero attached hydrogens (tertiary/aromatic N) is 3. The highest BCUT2D eigenvalue weighted by atomic mass is 16.5. The minimum atomic E-state index is -0.0279. The number of amidine groups is 1. The fourth-order valence-corrected chi connectivity index (χ4v) is 2.22. The molecule has 0 spiro atoms. The summed E-state index contributed by atoms with van der Waals surface area (Å²) in [4.78, 5) is 10.9. The van der Waals surface area contributed by atoms with E-state index in [-0.39, 0.29) is 11.9 Å². The number of rotatable bonds is 5. The molecule has 1 aliphatic heterocycles. The number of hydrogen-bond donors (Lipinski definition) is 2. The van der Waals surface area contributed by atoms with Gasteiger partial charge in [0.25, 0.3) is 0 Å². The summed E-state index contributed by atoms with van der Waals surface area (Å²) in [6.45, 7) is 6.39. The molecular formula is C13H21N5O. The highest BCUT2D eigenvalue weighted by molar-refractivity contribution is 5.93. The van der Waals surface area contributed by atoms with Gasteiger partial charge in [0.2, 0.25) is 5.95 Å². The van der Waals surface area contributed by atoms with E-state index in [0.717, 1.165) is 38.2 Å². The van der Waals surface area contributed by atoms with Crippen LogP contribution in [0, 0.1) is 12.3 Å². The minimum absolute atomic E-state index is 0.0279. The summed E-state index contributed by atoms with van der Waals surface area (Å²) in [5, 5.41) is 7.49. The number of ether oxygens (including phenoxy) is 1. The van der Waals surface area contributed by atoms with Crippen molar-refractivity contribution in [3.63, 3.8) is 0 Å². The first-order chi connectivity index (χ1) is 9.10. The third kappa shape index (κ3) is 3.41. The second-order valence-corrected chi connectivity index (χ2v) is 4.78. The molecule has 1 aromatic heterocycles. The number of nitrogens with two attached hydrogens (primary N) is 1. The van der Waals surface area contributed by atoms with Crippen LogP contribution in [0.4, 0.5) is 5.95 Å². The van der Waals surface area contributed by atoms with Crippen molar-refractivity contribution < 1.29 is 4.74 Å². The van der Waals surface area contributed by atoms with Gasteiger partial charge in [-0.3, -0.25) is 5.41 Å². The molecule has 0 aliphatic carbocycles. The number of likely N-dealkylation sites (N-methyl/N-ethyl adjacent to an activating group) is 1. The lowest BCUT2D eigenvalue weighted by molar-refractivity contribution is 0.115. The first-order valence-electron chi connectivity index (χ1n) is 6.66. The van der Waals surface area contributed by atoms with Crippen LogP contribution in [0.1, 0.15) is 31.2 Å². The van der Waals surface area contributed by atoms with Crippen molar-refractivity contribution in [1.82, 2.24) is 9.97 Å². The summed E-state index contributed by atoms with van der Waals surface area (Å²) in [5.41, 5.74) is 6.81. The van der Waals surface area contributed by atoms with Gasteiger partial charge in [-0.15, -0.1) is 0 Å². The van der Waals surface area contributed by atoms with Gasteiger partial charge in [-0.1, -0.05) is 0 Å². The maximum absolute atomic E-state index is 7.49. The van der Waals surface area contributed by atoms with Crippen molar-refractivity contribution in [1.29, 1.82) is 5.41 Å². The fourth-order valence-electron chi connectivity index (χ4n) is 2.22. The summed E-state index contributed by atoms with van der Waals surface area (Å²) in [6.07, 6.45) is 2.46. The number of nitrogen functional groups attached to an aromatic ring is 1. The van der Waals surface area contributed by atoms with Gasteiger partial charge in [-0.2, -0.15) is 0 Å². The number of aromatic nitrogens is 2. The van der Waals surface area contributed by atoms with Crippen LogP contribution in [0.15, 0.2) is 6.07 Å². The molecule has 2 heterocycles. The SMILES string of the molecule is CCN(CC1CCCO1)c1nc(C)cc(C(=N)N)n1. The monoisotopic (exact) mass is 263 g/mol. The molecule has 1 atom stereocenters. The van der Waals surface area contributed by atoms with Crippen LogP contribution in [0.5, 0.6) is 0 Å². The van der Waals surface area contributed by atoms with Crippen LogP contribution in [-0.2, 0) is 4.74 Å². The summed E-state index contributed by atoms with van der Waals surface area (Å²) in [5.74, 6) is 0.600. The average molecular weight is 263 g/mol. The average Bonchev–Trinajstić information content (AvgIpc) is 2.88. The summed E-state index contributed by atoms with van der Waals surface area (Å²) >= 11 is 0. The second-order valence-electron chi connectivity index (χ2n) is 4.78. The topological polar surface area (TPSA) is 88.1 Å². The maximum atomic E-state index is 7.49. The number of anilines is 1. The smallest absolute Gasteiger partial charge is 0.226 e. The molecule has 1 aliphatic rings. The summed E-state index contributed by atoms with van der Waals surface area (Å²) in [6, 6.07) is 1.73. The Morgan fingerprint density at radius 3 is 2.95 bits per heavy atom. The Morgan fingerprint density at radius 1 is 1.58 bits per heavy atom.